The molecule has 1 aliphatic carbocycles. The second-order valence-electron chi connectivity index (χ2n) is 5.36. The van der Waals surface area contributed by atoms with E-state index in [1.807, 2.05) is 0 Å². The van der Waals surface area contributed by atoms with Gasteiger partial charge in [-0.3, -0.25) is 0 Å². The Balaban J connectivity index is 2.04. The van der Waals surface area contributed by atoms with Gasteiger partial charge in [0, 0.05) is 12.6 Å². The maximum Gasteiger partial charge on any atom is 0.433 e. The summed E-state index contributed by atoms with van der Waals surface area (Å²) in [6, 6.07) is 1.84. The van der Waals surface area contributed by atoms with Gasteiger partial charge in [0.05, 0.1) is 0 Å². The molecule has 20 heavy (non-hydrogen) atoms. The fraction of sp³-hybridized carbons (Fsp3) is 0.538. The molecule has 0 amide bonds. The standard InChI is InChI=1S/C13H13F3N2O2/c14-13(15,16)10-4-3-9(12(19)20)11(17-10)18-6-7-1-2-8(18)5-7/h3-4,7-8H,1-2,5-6H2,(H,19,20). The Labute approximate surface area is 113 Å². The number of aromatic carboxylic acids is 1. The minimum Gasteiger partial charge on any atom is -0.478 e. The van der Waals surface area contributed by atoms with E-state index >= 15 is 0 Å². The number of piperidine rings is 1. The summed E-state index contributed by atoms with van der Waals surface area (Å²) in [5.41, 5.74) is -1.20. The first-order valence-electron chi connectivity index (χ1n) is 6.44. The Morgan fingerprint density at radius 1 is 1.35 bits per heavy atom. The van der Waals surface area contributed by atoms with Gasteiger partial charge in [-0.15, -0.1) is 0 Å². The van der Waals surface area contributed by atoms with E-state index in [1.165, 1.54) is 0 Å². The highest BCUT2D eigenvalue weighted by molar-refractivity contribution is 5.93. The van der Waals surface area contributed by atoms with Crippen LogP contribution in [0.4, 0.5) is 19.0 Å². The van der Waals surface area contributed by atoms with Crippen LogP contribution in [-0.2, 0) is 6.18 Å². The molecule has 3 rings (SSSR count). The molecule has 0 spiro atoms. The van der Waals surface area contributed by atoms with Gasteiger partial charge in [-0.25, -0.2) is 9.78 Å². The van der Waals surface area contributed by atoms with Crippen LogP contribution >= 0.6 is 0 Å². The first-order valence-corrected chi connectivity index (χ1v) is 6.44. The average molecular weight is 286 g/mol. The topological polar surface area (TPSA) is 53.4 Å². The Bertz CT molecular complexity index is 559. The Morgan fingerprint density at radius 3 is 2.60 bits per heavy atom. The summed E-state index contributed by atoms with van der Waals surface area (Å²) in [7, 11) is 0. The highest BCUT2D eigenvalue weighted by atomic mass is 19.4. The van der Waals surface area contributed by atoms with Crippen molar-refractivity contribution in [2.24, 2.45) is 5.92 Å². The molecular formula is C13H13F3N2O2. The maximum atomic E-state index is 12.7. The van der Waals surface area contributed by atoms with Crippen molar-refractivity contribution in [1.29, 1.82) is 0 Å². The lowest BCUT2D eigenvalue weighted by atomic mass is 10.1. The van der Waals surface area contributed by atoms with Crippen molar-refractivity contribution in [2.45, 2.75) is 31.5 Å². The van der Waals surface area contributed by atoms with Gasteiger partial charge in [-0.05, 0) is 37.3 Å². The Hall–Kier alpha value is -1.79. The minimum absolute atomic E-state index is 0.0421. The molecule has 0 radical (unpaired) electrons. The van der Waals surface area contributed by atoms with E-state index in [0.717, 1.165) is 31.4 Å². The molecule has 1 saturated carbocycles. The number of hydrogen-bond acceptors (Lipinski definition) is 3. The monoisotopic (exact) mass is 286 g/mol. The summed E-state index contributed by atoms with van der Waals surface area (Å²) in [6.07, 6.45) is -1.70. The molecule has 2 fully saturated rings. The van der Waals surface area contributed by atoms with Gasteiger partial charge in [0.2, 0.25) is 0 Å². The molecule has 4 nitrogen and oxygen atoms in total. The fourth-order valence-electron chi connectivity index (χ4n) is 3.18. The predicted molar refractivity (Wildman–Crippen MR) is 64.7 cm³/mol. The summed E-state index contributed by atoms with van der Waals surface area (Å²) >= 11 is 0. The van der Waals surface area contributed by atoms with E-state index in [9.17, 15) is 18.0 Å². The first kappa shape index (κ1) is 13.2. The van der Waals surface area contributed by atoms with E-state index < -0.39 is 17.8 Å². The highest BCUT2D eigenvalue weighted by Crippen LogP contribution is 2.41. The second-order valence-corrected chi connectivity index (χ2v) is 5.36. The number of pyridine rings is 1. The van der Waals surface area contributed by atoms with Crippen molar-refractivity contribution in [3.63, 3.8) is 0 Å². The van der Waals surface area contributed by atoms with E-state index in [0.29, 0.717) is 12.5 Å². The third-order valence-corrected chi connectivity index (χ3v) is 4.08. The molecule has 2 atom stereocenters. The normalized spacial score (nSPS) is 25.2. The first-order chi connectivity index (χ1) is 9.36. The number of fused-ring (bicyclic) bond motifs is 2. The lowest BCUT2D eigenvalue weighted by Crippen LogP contribution is -2.34. The molecule has 1 saturated heterocycles. The number of rotatable bonds is 2. The molecule has 0 aromatic carbocycles. The van der Waals surface area contributed by atoms with Crippen LogP contribution in [0.1, 0.15) is 35.3 Å². The molecule has 2 heterocycles. The number of aromatic nitrogens is 1. The number of halogens is 3. The van der Waals surface area contributed by atoms with Crippen molar-refractivity contribution >= 4 is 11.8 Å². The molecule has 2 unspecified atom stereocenters. The van der Waals surface area contributed by atoms with Crippen LogP contribution in [0.25, 0.3) is 0 Å². The molecule has 1 N–H and O–H groups in total. The molecule has 2 aliphatic rings. The van der Waals surface area contributed by atoms with Gasteiger partial charge in [0.15, 0.2) is 0 Å². The highest BCUT2D eigenvalue weighted by Gasteiger charge is 2.41. The van der Waals surface area contributed by atoms with E-state index in [2.05, 4.69) is 4.98 Å². The molecule has 108 valence electrons. The zero-order chi connectivity index (χ0) is 14.5. The third-order valence-electron chi connectivity index (χ3n) is 4.08. The second kappa shape index (κ2) is 4.36. The van der Waals surface area contributed by atoms with Gasteiger partial charge in [-0.2, -0.15) is 13.2 Å². The van der Waals surface area contributed by atoms with Crippen molar-refractivity contribution in [3.8, 4) is 0 Å². The smallest absolute Gasteiger partial charge is 0.433 e. The fourth-order valence-corrected chi connectivity index (χ4v) is 3.18. The summed E-state index contributed by atoms with van der Waals surface area (Å²) in [5.74, 6) is -0.846. The van der Waals surface area contributed by atoms with Crippen molar-refractivity contribution < 1.29 is 23.1 Å². The van der Waals surface area contributed by atoms with Gasteiger partial charge in [-0.1, -0.05) is 0 Å². The summed E-state index contributed by atoms with van der Waals surface area (Å²) in [6.45, 7) is 0.596. The molecule has 1 aromatic heterocycles. The van der Waals surface area contributed by atoms with Crippen LogP contribution < -0.4 is 4.90 Å². The Kier molecular flexibility index (Phi) is 2.88. The summed E-state index contributed by atoms with van der Waals surface area (Å²) < 4.78 is 38.2. The number of hydrogen-bond donors (Lipinski definition) is 1. The molecule has 2 bridgehead atoms. The van der Waals surface area contributed by atoms with Gasteiger partial charge in [0.25, 0.3) is 0 Å². The minimum atomic E-state index is -4.56. The molecule has 1 aliphatic heterocycles. The van der Waals surface area contributed by atoms with Crippen LogP contribution in [0.5, 0.6) is 0 Å². The number of nitrogens with zero attached hydrogens (tertiary/aromatic N) is 2. The van der Waals surface area contributed by atoms with Crippen molar-refractivity contribution in [1.82, 2.24) is 4.98 Å². The Morgan fingerprint density at radius 2 is 2.10 bits per heavy atom. The van der Waals surface area contributed by atoms with Gasteiger partial charge >= 0.3 is 12.1 Å². The van der Waals surface area contributed by atoms with E-state index in [1.54, 1.807) is 4.90 Å². The number of carboxylic acid groups (broad SMARTS) is 1. The van der Waals surface area contributed by atoms with Crippen LogP contribution in [0, 0.1) is 5.92 Å². The zero-order valence-electron chi connectivity index (χ0n) is 10.5. The van der Waals surface area contributed by atoms with Crippen LogP contribution in [0.3, 0.4) is 0 Å². The maximum absolute atomic E-state index is 12.7. The third kappa shape index (κ3) is 2.10. The number of carbonyl (C=O) groups is 1. The summed E-state index contributed by atoms with van der Waals surface area (Å²) in [4.78, 5) is 16.5. The molecular weight excluding hydrogens is 273 g/mol. The summed E-state index contributed by atoms with van der Waals surface area (Å²) in [5, 5.41) is 9.14. The van der Waals surface area contributed by atoms with E-state index in [-0.39, 0.29) is 17.4 Å². The van der Waals surface area contributed by atoms with Crippen LogP contribution in [0.15, 0.2) is 12.1 Å². The van der Waals surface area contributed by atoms with E-state index in [4.69, 9.17) is 5.11 Å². The predicted octanol–water partition coefficient (Wildman–Crippen LogP) is 2.79. The zero-order valence-corrected chi connectivity index (χ0v) is 10.5. The molecule has 1 aromatic rings. The lowest BCUT2D eigenvalue weighted by molar-refractivity contribution is -0.141. The van der Waals surface area contributed by atoms with Gasteiger partial charge in [0.1, 0.15) is 17.1 Å². The molecule has 7 heteroatoms. The van der Waals surface area contributed by atoms with Crippen molar-refractivity contribution in [3.05, 3.63) is 23.4 Å². The van der Waals surface area contributed by atoms with Crippen LogP contribution in [-0.4, -0.2) is 28.6 Å². The van der Waals surface area contributed by atoms with Crippen LogP contribution in [0.2, 0.25) is 0 Å². The van der Waals surface area contributed by atoms with Gasteiger partial charge < -0.3 is 10.0 Å². The van der Waals surface area contributed by atoms with Crippen molar-refractivity contribution in [2.75, 3.05) is 11.4 Å². The average Bonchev–Trinajstić information content (AvgIpc) is 2.99. The lowest BCUT2D eigenvalue weighted by Gasteiger charge is -2.29. The number of anilines is 1. The number of carboxylic acids is 1. The largest absolute Gasteiger partial charge is 0.478 e. The number of alkyl halides is 3. The SMILES string of the molecule is O=C(O)c1ccc(C(F)(F)F)nc1N1CC2CCC1C2. The quantitative estimate of drug-likeness (QED) is 0.908.